The van der Waals surface area contributed by atoms with Gasteiger partial charge in [-0.05, 0) is 15.9 Å². The van der Waals surface area contributed by atoms with Crippen LogP contribution in [0.2, 0.25) is 0 Å². The Labute approximate surface area is 94.6 Å². The standard InChI is InChI=1S/C10H8BrN3O/c11-7-8(6-4-2-1-3-5-6)13-14-9(7)10(12)15/h1-5H,(H2,12,15)(H,13,14). The molecule has 4 nitrogen and oxygen atoms in total. The van der Waals surface area contributed by atoms with Crippen molar-refractivity contribution in [2.24, 2.45) is 5.73 Å². The fourth-order valence-electron chi connectivity index (χ4n) is 1.28. The molecule has 0 bridgehead atoms. The Morgan fingerprint density at radius 2 is 2.00 bits per heavy atom. The number of amides is 1. The highest BCUT2D eigenvalue weighted by atomic mass is 79.9. The van der Waals surface area contributed by atoms with Crippen molar-refractivity contribution in [2.45, 2.75) is 0 Å². The molecular formula is C10H8BrN3O. The fourth-order valence-corrected chi connectivity index (χ4v) is 1.88. The zero-order valence-electron chi connectivity index (χ0n) is 7.70. The highest BCUT2D eigenvalue weighted by Gasteiger charge is 2.15. The van der Waals surface area contributed by atoms with Gasteiger partial charge in [-0.15, -0.1) is 0 Å². The van der Waals surface area contributed by atoms with Gasteiger partial charge in [-0.25, -0.2) is 0 Å². The first-order chi connectivity index (χ1) is 7.20. The molecule has 0 radical (unpaired) electrons. The number of hydrogen-bond acceptors (Lipinski definition) is 2. The molecule has 0 aliphatic heterocycles. The van der Waals surface area contributed by atoms with E-state index in [4.69, 9.17) is 5.73 Å². The van der Waals surface area contributed by atoms with Gasteiger partial charge in [0.2, 0.25) is 0 Å². The summed E-state index contributed by atoms with van der Waals surface area (Å²) in [6.45, 7) is 0. The first-order valence-corrected chi connectivity index (χ1v) is 5.08. The molecule has 1 aromatic heterocycles. The number of aromatic nitrogens is 2. The van der Waals surface area contributed by atoms with Crippen molar-refractivity contribution in [3.8, 4) is 11.3 Å². The molecule has 0 unspecified atom stereocenters. The van der Waals surface area contributed by atoms with Gasteiger partial charge >= 0.3 is 0 Å². The third kappa shape index (κ3) is 1.78. The fraction of sp³-hybridized carbons (Fsp3) is 0. The number of primary amides is 1. The van der Waals surface area contributed by atoms with E-state index in [-0.39, 0.29) is 5.69 Å². The van der Waals surface area contributed by atoms with Gasteiger partial charge in [0.15, 0.2) is 0 Å². The van der Waals surface area contributed by atoms with E-state index in [1.54, 1.807) is 0 Å². The molecule has 0 fully saturated rings. The summed E-state index contributed by atoms with van der Waals surface area (Å²) in [6.07, 6.45) is 0. The van der Waals surface area contributed by atoms with Gasteiger partial charge in [-0.1, -0.05) is 30.3 Å². The number of H-pyrrole nitrogens is 1. The maximum Gasteiger partial charge on any atom is 0.267 e. The summed E-state index contributed by atoms with van der Waals surface area (Å²) in [5.74, 6) is -0.531. The van der Waals surface area contributed by atoms with Crippen molar-refractivity contribution < 1.29 is 4.79 Å². The lowest BCUT2D eigenvalue weighted by Gasteiger charge is -1.96. The number of benzene rings is 1. The predicted molar refractivity (Wildman–Crippen MR) is 60.2 cm³/mol. The van der Waals surface area contributed by atoms with Crippen molar-refractivity contribution in [1.29, 1.82) is 0 Å². The number of rotatable bonds is 2. The first kappa shape index (κ1) is 9.92. The van der Waals surface area contributed by atoms with Crippen LogP contribution in [0, 0.1) is 0 Å². The highest BCUT2D eigenvalue weighted by molar-refractivity contribution is 9.10. The van der Waals surface area contributed by atoms with E-state index in [0.29, 0.717) is 10.2 Å². The molecule has 76 valence electrons. The van der Waals surface area contributed by atoms with Crippen LogP contribution in [0.4, 0.5) is 0 Å². The second-order valence-electron chi connectivity index (χ2n) is 2.99. The monoisotopic (exact) mass is 265 g/mol. The summed E-state index contributed by atoms with van der Waals surface area (Å²) in [4.78, 5) is 11.0. The van der Waals surface area contributed by atoms with Gasteiger partial charge in [-0.2, -0.15) is 5.10 Å². The minimum Gasteiger partial charge on any atom is -0.364 e. The number of halogens is 1. The smallest absolute Gasteiger partial charge is 0.267 e. The Morgan fingerprint density at radius 3 is 2.53 bits per heavy atom. The van der Waals surface area contributed by atoms with E-state index in [0.717, 1.165) is 5.56 Å². The molecule has 0 saturated carbocycles. The SMILES string of the molecule is NC(=O)c1[nH]nc(-c2ccccc2)c1Br. The molecule has 2 aromatic rings. The lowest BCUT2D eigenvalue weighted by Crippen LogP contribution is -2.11. The summed E-state index contributed by atoms with van der Waals surface area (Å²) in [5.41, 5.74) is 7.06. The van der Waals surface area contributed by atoms with E-state index in [1.165, 1.54) is 0 Å². The summed E-state index contributed by atoms with van der Waals surface area (Å²) in [7, 11) is 0. The van der Waals surface area contributed by atoms with Crippen LogP contribution in [0.15, 0.2) is 34.8 Å². The second kappa shape index (κ2) is 3.86. The maximum atomic E-state index is 11.0. The van der Waals surface area contributed by atoms with Gasteiger partial charge in [0.25, 0.3) is 5.91 Å². The van der Waals surface area contributed by atoms with Crippen molar-refractivity contribution in [3.63, 3.8) is 0 Å². The van der Waals surface area contributed by atoms with Crippen LogP contribution in [0.1, 0.15) is 10.5 Å². The van der Waals surface area contributed by atoms with Crippen LogP contribution in [0.3, 0.4) is 0 Å². The Morgan fingerprint density at radius 1 is 1.33 bits per heavy atom. The molecule has 3 N–H and O–H groups in total. The molecule has 1 aromatic carbocycles. The lowest BCUT2D eigenvalue weighted by molar-refractivity contribution is 0.0995. The minimum atomic E-state index is -0.531. The first-order valence-electron chi connectivity index (χ1n) is 4.29. The minimum absolute atomic E-state index is 0.286. The summed E-state index contributed by atoms with van der Waals surface area (Å²) in [5, 5.41) is 6.64. The van der Waals surface area contributed by atoms with Gasteiger partial charge in [0.05, 0.1) is 4.47 Å². The zero-order valence-corrected chi connectivity index (χ0v) is 9.28. The highest BCUT2D eigenvalue weighted by Crippen LogP contribution is 2.28. The van der Waals surface area contributed by atoms with E-state index >= 15 is 0 Å². The molecule has 0 aliphatic carbocycles. The predicted octanol–water partition coefficient (Wildman–Crippen LogP) is 1.94. The van der Waals surface area contributed by atoms with Crippen LogP contribution in [0.5, 0.6) is 0 Å². The maximum absolute atomic E-state index is 11.0. The number of hydrogen-bond donors (Lipinski definition) is 2. The molecule has 2 rings (SSSR count). The number of nitrogens with two attached hydrogens (primary N) is 1. The molecule has 0 saturated heterocycles. The summed E-state index contributed by atoms with van der Waals surface area (Å²) in [6, 6.07) is 9.54. The van der Waals surface area contributed by atoms with Crippen LogP contribution in [0.25, 0.3) is 11.3 Å². The number of nitrogens with one attached hydrogen (secondary N) is 1. The molecule has 5 heteroatoms. The van der Waals surface area contributed by atoms with Gasteiger partial charge in [0, 0.05) is 5.56 Å². The van der Waals surface area contributed by atoms with E-state index in [1.807, 2.05) is 30.3 Å². The Balaban J connectivity index is 2.52. The molecule has 15 heavy (non-hydrogen) atoms. The molecule has 0 spiro atoms. The second-order valence-corrected chi connectivity index (χ2v) is 3.78. The van der Waals surface area contributed by atoms with Crippen LogP contribution in [-0.2, 0) is 0 Å². The van der Waals surface area contributed by atoms with Crippen molar-refractivity contribution in [2.75, 3.05) is 0 Å². The Kier molecular flexibility index (Phi) is 2.55. The molecular weight excluding hydrogens is 258 g/mol. The van der Waals surface area contributed by atoms with Crippen LogP contribution < -0.4 is 5.73 Å². The molecule has 0 atom stereocenters. The van der Waals surface area contributed by atoms with Crippen LogP contribution in [-0.4, -0.2) is 16.1 Å². The summed E-state index contributed by atoms with van der Waals surface area (Å²) < 4.78 is 0.598. The number of nitrogens with zero attached hydrogens (tertiary/aromatic N) is 1. The molecule has 1 amide bonds. The number of aromatic amines is 1. The average molecular weight is 266 g/mol. The van der Waals surface area contributed by atoms with Crippen molar-refractivity contribution in [3.05, 3.63) is 40.5 Å². The van der Waals surface area contributed by atoms with Crippen LogP contribution >= 0.6 is 15.9 Å². The van der Waals surface area contributed by atoms with Gasteiger partial charge in [0.1, 0.15) is 11.4 Å². The van der Waals surface area contributed by atoms with Crippen molar-refractivity contribution in [1.82, 2.24) is 10.2 Å². The zero-order chi connectivity index (χ0) is 10.8. The van der Waals surface area contributed by atoms with E-state index < -0.39 is 5.91 Å². The van der Waals surface area contributed by atoms with Crippen molar-refractivity contribution >= 4 is 21.8 Å². The topological polar surface area (TPSA) is 71.8 Å². The normalized spacial score (nSPS) is 10.2. The third-order valence-corrected chi connectivity index (χ3v) is 2.77. The molecule has 1 heterocycles. The lowest BCUT2D eigenvalue weighted by atomic mass is 10.1. The Bertz CT molecular complexity index is 493. The van der Waals surface area contributed by atoms with E-state index in [2.05, 4.69) is 26.1 Å². The third-order valence-electron chi connectivity index (χ3n) is 2.00. The quantitative estimate of drug-likeness (QED) is 0.871. The number of carbonyl (C=O) groups excluding carboxylic acids is 1. The van der Waals surface area contributed by atoms with E-state index in [9.17, 15) is 4.79 Å². The largest absolute Gasteiger partial charge is 0.364 e. The van der Waals surface area contributed by atoms with Gasteiger partial charge < -0.3 is 5.73 Å². The van der Waals surface area contributed by atoms with Gasteiger partial charge in [-0.3, -0.25) is 9.89 Å². The summed E-state index contributed by atoms with van der Waals surface area (Å²) >= 11 is 3.29. The Hall–Kier alpha value is -1.62. The average Bonchev–Trinajstić information content (AvgIpc) is 2.61. The number of carbonyl (C=O) groups is 1. The molecule has 0 aliphatic rings.